The van der Waals surface area contributed by atoms with E-state index in [-0.39, 0.29) is 11.7 Å². The maximum Gasteiger partial charge on any atom is 0.335 e. The van der Waals surface area contributed by atoms with Crippen LogP contribution in [0.1, 0.15) is 35.7 Å². The Balaban J connectivity index is 1.90. The van der Waals surface area contributed by atoms with Crippen LogP contribution in [0.2, 0.25) is 0 Å². The fourth-order valence-electron chi connectivity index (χ4n) is 2.26. The molecule has 3 rings (SSSR count). The monoisotopic (exact) mass is 274 g/mol. The first-order chi connectivity index (χ1) is 9.65. The van der Waals surface area contributed by atoms with Crippen LogP contribution >= 0.6 is 0 Å². The van der Waals surface area contributed by atoms with Crippen LogP contribution in [0, 0.1) is 5.92 Å². The van der Waals surface area contributed by atoms with Crippen molar-refractivity contribution in [1.29, 1.82) is 0 Å². The Morgan fingerprint density at radius 3 is 2.95 bits per heavy atom. The van der Waals surface area contributed by atoms with Crippen LogP contribution in [-0.2, 0) is 4.74 Å². The van der Waals surface area contributed by atoms with E-state index in [0.29, 0.717) is 29.9 Å². The third-order valence-corrected chi connectivity index (χ3v) is 3.43. The number of nitrogens with zero attached hydrogens (tertiary/aromatic N) is 2. The molecule has 0 saturated carbocycles. The van der Waals surface area contributed by atoms with Crippen LogP contribution in [0.25, 0.3) is 11.5 Å². The quantitative estimate of drug-likeness (QED) is 0.925. The predicted octanol–water partition coefficient (Wildman–Crippen LogP) is 2.53. The molecule has 2 aromatic rings. The average molecular weight is 274 g/mol. The molecule has 0 amide bonds. The molecule has 1 fully saturated rings. The van der Waals surface area contributed by atoms with Crippen molar-refractivity contribution in [1.82, 2.24) is 10.2 Å². The third-order valence-electron chi connectivity index (χ3n) is 3.43. The minimum atomic E-state index is -0.987. The fourth-order valence-corrected chi connectivity index (χ4v) is 2.26. The predicted molar refractivity (Wildman–Crippen MR) is 69.2 cm³/mol. The second-order valence-electron chi connectivity index (χ2n) is 4.89. The van der Waals surface area contributed by atoms with E-state index in [4.69, 9.17) is 14.3 Å². The van der Waals surface area contributed by atoms with Crippen LogP contribution in [0.15, 0.2) is 28.7 Å². The maximum absolute atomic E-state index is 11.0. The Hall–Kier alpha value is -2.21. The maximum atomic E-state index is 11.0. The minimum absolute atomic E-state index is 0.168. The van der Waals surface area contributed by atoms with Crippen LogP contribution in [-0.4, -0.2) is 27.9 Å². The zero-order valence-electron chi connectivity index (χ0n) is 10.9. The Morgan fingerprint density at radius 1 is 1.40 bits per heavy atom. The van der Waals surface area contributed by atoms with Crippen molar-refractivity contribution in [3.05, 3.63) is 35.7 Å². The van der Waals surface area contributed by atoms with Gasteiger partial charge in [0, 0.05) is 12.2 Å². The van der Waals surface area contributed by atoms with Gasteiger partial charge in [-0.25, -0.2) is 4.79 Å². The summed E-state index contributed by atoms with van der Waals surface area (Å²) >= 11 is 0. The molecule has 1 aliphatic heterocycles. The van der Waals surface area contributed by atoms with Gasteiger partial charge in [-0.15, -0.1) is 10.2 Å². The number of carboxylic acids is 1. The molecule has 20 heavy (non-hydrogen) atoms. The summed E-state index contributed by atoms with van der Waals surface area (Å²) in [7, 11) is 0. The van der Waals surface area contributed by atoms with Crippen molar-refractivity contribution in [2.45, 2.75) is 19.4 Å². The Bertz CT molecular complexity index is 638. The van der Waals surface area contributed by atoms with Crippen molar-refractivity contribution in [2.75, 3.05) is 6.61 Å². The third kappa shape index (κ3) is 2.30. The molecule has 0 radical (unpaired) electrons. The van der Waals surface area contributed by atoms with Gasteiger partial charge in [-0.1, -0.05) is 13.0 Å². The number of aromatic nitrogens is 2. The summed E-state index contributed by atoms with van der Waals surface area (Å²) in [6.45, 7) is 2.77. The lowest BCUT2D eigenvalue weighted by Crippen LogP contribution is -2.03. The van der Waals surface area contributed by atoms with E-state index >= 15 is 0 Å². The molecule has 0 spiro atoms. The lowest BCUT2D eigenvalue weighted by atomic mass is 10.0. The molecular formula is C14H14N2O4. The van der Waals surface area contributed by atoms with Gasteiger partial charge >= 0.3 is 5.97 Å². The van der Waals surface area contributed by atoms with Crippen molar-refractivity contribution < 1.29 is 19.1 Å². The topological polar surface area (TPSA) is 85.5 Å². The highest BCUT2D eigenvalue weighted by Gasteiger charge is 2.30. The van der Waals surface area contributed by atoms with E-state index in [1.165, 1.54) is 12.1 Å². The van der Waals surface area contributed by atoms with Crippen LogP contribution < -0.4 is 0 Å². The molecule has 2 heterocycles. The van der Waals surface area contributed by atoms with E-state index in [9.17, 15) is 4.79 Å². The molecule has 1 aromatic carbocycles. The highest BCUT2D eigenvalue weighted by molar-refractivity contribution is 5.88. The lowest BCUT2D eigenvalue weighted by molar-refractivity contribution is 0.0696. The second kappa shape index (κ2) is 5.05. The summed E-state index contributed by atoms with van der Waals surface area (Å²) in [5.74, 6) is 0.115. The first-order valence-corrected chi connectivity index (χ1v) is 6.44. The van der Waals surface area contributed by atoms with Crippen molar-refractivity contribution in [3.8, 4) is 11.5 Å². The molecule has 104 valence electrons. The summed E-state index contributed by atoms with van der Waals surface area (Å²) in [6, 6.07) is 6.42. The molecule has 1 saturated heterocycles. The minimum Gasteiger partial charge on any atom is -0.478 e. The number of carbonyl (C=O) groups is 1. The first-order valence-electron chi connectivity index (χ1n) is 6.44. The molecule has 0 aliphatic carbocycles. The average Bonchev–Trinajstić information content (AvgIpc) is 3.07. The zero-order chi connectivity index (χ0) is 14.1. The van der Waals surface area contributed by atoms with E-state index in [0.717, 1.165) is 6.42 Å². The zero-order valence-corrected chi connectivity index (χ0v) is 10.9. The number of rotatable bonds is 3. The SMILES string of the molecule is CC1CCOC1c1nnc(-c2cccc(C(=O)O)c2)o1. The van der Waals surface area contributed by atoms with Gasteiger partial charge in [-0.3, -0.25) is 0 Å². The summed E-state index contributed by atoms with van der Waals surface area (Å²) in [5.41, 5.74) is 0.780. The summed E-state index contributed by atoms with van der Waals surface area (Å²) in [5, 5.41) is 17.0. The Labute approximate surface area is 115 Å². The normalized spacial score (nSPS) is 22.1. The Morgan fingerprint density at radius 2 is 2.25 bits per heavy atom. The van der Waals surface area contributed by atoms with Gasteiger partial charge in [0.2, 0.25) is 11.8 Å². The first kappa shape index (κ1) is 12.8. The van der Waals surface area contributed by atoms with Crippen molar-refractivity contribution in [3.63, 3.8) is 0 Å². The largest absolute Gasteiger partial charge is 0.478 e. The lowest BCUT2D eigenvalue weighted by Gasteiger charge is -2.08. The number of benzene rings is 1. The Kier molecular flexibility index (Phi) is 3.23. The molecule has 1 aromatic heterocycles. The van der Waals surface area contributed by atoms with Crippen molar-refractivity contribution in [2.24, 2.45) is 5.92 Å². The van der Waals surface area contributed by atoms with E-state index in [1.807, 2.05) is 0 Å². The number of aromatic carboxylic acids is 1. The fraction of sp³-hybridized carbons (Fsp3) is 0.357. The highest BCUT2D eigenvalue weighted by Crippen LogP contribution is 2.34. The smallest absolute Gasteiger partial charge is 0.335 e. The van der Waals surface area contributed by atoms with Gasteiger partial charge in [0.15, 0.2) is 0 Å². The van der Waals surface area contributed by atoms with Gasteiger partial charge in [0.25, 0.3) is 0 Å². The van der Waals surface area contributed by atoms with Gasteiger partial charge in [0.1, 0.15) is 6.10 Å². The van der Waals surface area contributed by atoms with Gasteiger partial charge < -0.3 is 14.3 Å². The summed E-state index contributed by atoms with van der Waals surface area (Å²) in [4.78, 5) is 11.0. The molecule has 2 atom stereocenters. The summed E-state index contributed by atoms with van der Waals surface area (Å²) < 4.78 is 11.2. The standard InChI is InChI=1S/C14H14N2O4/c1-8-5-6-19-11(8)13-16-15-12(20-13)9-3-2-4-10(7-9)14(17)18/h2-4,7-8,11H,5-6H2,1H3,(H,17,18). The van der Waals surface area contributed by atoms with Crippen LogP contribution in [0.3, 0.4) is 0 Å². The number of hydrogen-bond acceptors (Lipinski definition) is 5. The molecule has 6 nitrogen and oxygen atoms in total. The van der Waals surface area contributed by atoms with E-state index in [1.54, 1.807) is 12.1 Å². The van der Waals surface area contributed by atoms with Gasteiger partial charge in [-0.05, 0) is 30.5 Å². The molecular weight excluding hydrogens is 260 g/mol. The molecule has 0 bridgehead atoms. The second-order valence-corrected chi connectivity index (χ2v) is 4.89. The summed E-state index contributed by atoms with van der Waals surface area (Å²) in [6.07, 6.45) is 0.801. The number of ether oxygens (including phenoxy) is 1. The van der Waals surface area contributed by atoms with Gasteiger partial charge in [0.05, 0.1) is 5.56 Å². The highest BCUT2D eigenvalue weighted by atomic mass is 16.5. The van der Waals surface area contributed by atoms with Crippen LogP contribution in [0.5, 0.6) is 0 Å². The van der Waals surface area contributed by atoms with E-state index < -0.39 is 5.97 Å². The molecule has 1 aliphatic rings. The molecule has 6 heteroatoms. The number of hydrogen-bond donors (Lipinski definition) is 1. The number of carboxylic acid groups (broad SMARTS) is 1. The van der Waals surface area contributed by atoms with Crippen LogP contribution in [0.4, 0.5) is 0 Å². The van der Waals surface area contributed by atoms with Gasteiger partial charge in [-0.2, -0.15) is 0 Å². The molecule has 1 N–H and O–H groups in total. The van der Waals surface area contributed by atoms with Crippen molar-refractivity contribution >= 4 is 5.97 Å². The molecule has 2 unspecified atom stereocenters. The van der Waals surface area contributed by atoms with E-state index in [2.05, 4.69) is 17.1 Å².